The van der Waals surface area contributed by atoms with Crippen molar-refractivity contribution < 1.29 is 24.2 Å². The number of carboxylic acids is 1. The summed E-state index contributed by atoms with van der Waals surface area (Å²) in [5.74, 6) is 0.0576. The third-order valence-corrected chi connectivity index (χ3v) is 6.88. The van der Waals surface area contributed by atoms with Gasteiger partial charge in [-0.2, -0.15) is 0 Å². The maximum atomic E-state index is 12.7. The Bertz CT molecular complexity index is 1520. The molecule has 13 heteroatoms. The molecule has 9 nitrogen and oxygen atoms in total. The van der Waals surface area contributed by atoms with E-state index in [0.29, 0.717) is 49.5 Å². The summed E-state index contributed by atoms with van der Waals surface area (Å²) in [6.07, 6.45) is 0. The number of thioether (sulfide) groups is 1. The lowest BCUT2D eigenvalue weighted by molar-refractivity contribution is -0.113. The number of hydrogen-bond acceptors (Lipinski definition) is 7. The third-order valence-electron chi connectivity index (χ3n) is 5.18. The minimum atomic E-state index is -1.19. The van der Waals surface area contributed by atoms with Gasteiger partial charge in [-0.15, -0.1) is 10.2 Å². The molecule has 4 aromatic rings. The molecule has 0 atom stereocenters. The van der Waals surface area contributed by atoms with E-state index in [1.807, 2.05) is 6.07 Å². The van der Waals surface area contributed by atoms with Gasteiger partial charge in [-0.3, -0.25) is 9.36 Å². The molecule has 3 aromatic carbocycles. The lowest BCUT2D eigenvalue weighted by atomic mass is 10.2. The molecule has 1 aromatic heterocycles. The fourth-order valence-corrected chi connectivity index (χ4v) is 5.05. The zero-order valence-corrected chi connectivity index (χ0v) is 21.7. The first kappa shape index (κ1) is 25.2. The number of anilines is 1. The molecule has 0 fully saturated rings. The highest BCUT2D eigenvalue weighted by Crippen LogP contribution is 2.37. The van der Waals surface area contributed by atoms with Crippen molar-refractivity contribution in [1.82, 2.24) is 14.8 Å². The Labute approximate surface area is 229 Å². The van der Waals surface area contributed by atoms with E-state index in [9.17, 15) is 14.7 Å². The lowest BCUT2D eigenvalue weighted by Crippen LogP contribution is -2.15. The lowest BCUT2D eigenvalue weighted by Gasteiger charge is -2.12. The Morgan fingerprint density at radius 3 is 2.49 bits per heavy atom. The Kier molecular flexibility index (Phi) is 7.16. The number of carboxylic acid groups (broad SMARTS) is 1. The molecule has 188 valence electrons. The molecular formula is C24H15Cl3N4O5S. The molecule has 2 N–H and O–H groups in total. The summed E-state index contributed by atoms with van der Waals surface area (Å²) >= 11 is 19.6. The van der Waals surface area contributed by atoms with Crippen molar-refractivity contribution in [1.29, 1.82) is 0 Å². The highest BCUT2D eigenvalue weighted by Gasteiger charge is 2.21. The second kappa shape index (κ2) is 10.5. The first-order chi connectivity index (χ1) is 17.8. The summed E-state index contributed by atoms with van der Waals surface area (Å²) in [7, 11) is 0. The van der Waals surface area contributed by atoms with Gasteiger partial charge in [0, 0.05) is 21.3 Å². The van der Waals surface area contributed by atoms with Crippen LogP contribution in [0.4, 0.5) is 5.69 Å². The van der Waals surface area contributed by atoms with E-state index in [-0.39, 0.29) is 29.0 Å². The zero-order chi connectivity index (χ0) is 26.1. The molecule has 0 spiro atoms. The molecule has 2 heterocycles. The number of fused-ring (bicyclic) bond motifs is 1. The van der Waals surface area contributed by atoms with Gasteiger partial charge in [0.1, 0.15) is 0 Å². The number of nitrogens with one attached hydrogen (secondary N) is 1. The molecule has 0 radical (unpaired) electrons. The number of aromatic carboxylic acids is 1. The van der Waals surface area contributed by atoms with Crippen LogP contribution in [0.15, 0.2) is 59.8 Å². The Morgan fingerprint density at radius 1 is 0.973 bits per heavy atom. The van der Waals surface area contributed by atoms with Crippen LogP contribution in [0, 0.1) is 0 Å². The van der Waals surface area contributed by atoms with Gasteiger partial charge >= 0.3 is 5.97 Å². The molecule has 0 saturated heterocycles. The van der Waals surface area contributed by atoms with Crippen molar-refractivity contribution in [2.75, 3.05) is 17.9 Å². The first-order valence-electron chi connectivity index (χ1n) is 10.6. The monoisotopic (exact) mass is 576 g/mol. The highest BCUT2D eigenvalue weighted by molar-refractivity contribution is 7.99. The third kappa shape index (κ3) is 5.47. The molecule has 1 aliphatic heterocycles. The van der Waals surface area contributed by atoms with Crippen LogP contribution in [0.2, 0.25) is 15.1 Å². The predicted octanol–water partition coefficient (Wildman–Crippen LogP) is 6.05. The van der Waals surface area contributed by atoms with Crippen LogP contribution in [0.3, 0.4) is 0 Å². The molecule has 0 unspecified atom stereocenters. The highest BCUT2D eigenvalue weighted by atomic mass is 35.5. The summed E-state index contributed by atoms with van der Waals surface area (Å²) in [6, 6.07) is 14.6. The Balaban J connectivity index is 1.43. The maximum absolute atomic E-state index is 12.7. The second-order valence-electron chi connectivity index (χ2n) is 7.67. The number of benzene rings is 3. The number of carbonyl (C=O) groups excluding carboxylic acids is 1. The molecule has 1 aliphatic rings. The van der Waals surface area contributed by atoms with Crippen LogP contribution in [0.5, 0.6) is 11.5 Å². The van der Waals surface area contributed by atoms with E-state index in [1.54, 1.807) is 34.9 Å². The summed E-state index contributed by atoms with van der Waals surface area (Å²) in [4.78, 5) is 24.0. The molecule has 0 bridgehead atoms. The Hall–Kier alpha value is -3.44. The summed E-state index contributed by atoms with van der Waals surface area (Å²) in [6.45, 7) is 0.132. The number of halogens is 3. The van der Waals surface area contributed by atoms with Crippen molar-refractivity contribution in [2.45, 2.75) is 5.16 Å². The normalized spacial score (nSPS) is 12.0. The van der Waals surface area contributed by atoms with Gasteiger partial charge in [0.05, 0.1) is 22.0 Å². The minimum Gasteiger partial charge on any atom is -0.478 e. The summed E-state index contributed by atoms with van der Waals surface area (Å²) < 4.78 is 12.6. The molecule has 0 saturated carbocycles. The number of carbonyl (C=O) groups is 2. The SMILES string of the molecule is O=C(CSc1nnc(-c2ccc3c(c2)OCO3)n1-c1cc(Cl)cc(Cl)c1)Nc1ccc(Cl)c(C(=O)O)c1. The van der Waals surface area contributed by atoms with E-state index in [4.69, 9.17) is 44.3 Å². The van der Waals surface area contributed by atoms with Crippen molar-refractivity contribution in [2.24, 2.45) is 0 Å². The summed E-state index contributed by atoms with van der Waals surface area (Å²) in [5, 5.41) is 21.9. The maximum Gasteiger partial charge on any atom is 0.337 e. The average Bonchev–Trinajstić information content (AvgIpc) is 3.49. The van der Waals surface area contributed by atoms with Crippen molar-refractivity contribution in [3.63, 3.8) is 0 Å². The number of nitrogens with zero attached hydrogens (tertiary/aromatic N) is 3. The standard InChI is InChI=1S/C24H15Cl3N4O5S/c25-13-6-14(26)8-16(7-13)31-22(12-1-4-19-20(5-12)36-11-35-19)29-30-24(31)37-10-21(32)28-15-2-3-18(27)17(9-15)23(33)34/h1-9H,10-11H2,(H,28,32)(H,33,34). The van der Waals surface area contributed by atoms with Gasteiger partial charge in [-0.1, -0.05) is 46.6 Å². The quantitative estimate of drug-likeness (QED) is 0.255. The van der Waals surface area contributed by atoms with Gasteiger partial charge < -0.3 is 19.9 Å². The smallest absolute Gasteiger partial charge is 0.337 e. The van der Waals surface area contributed by atoms with Crippen molar-refractivity contribution in [3.05, 3.63) is 75.2 Å². The minimum absolute atomic E-state index is 0.0431. The van der Waals surface area contributed by atoms with E-state index < -0.39 is 5.97 Å². The first-order valence-corrected chi connectivity index (χ1v) is 12.7. The number of amides is 1. The number of aromatic nitrogens is 3. The van der Waals surface area contributed by atoms with Gasteiger partial charge in [0.15, 0.2) is 22.5 Å². The van der Waals surface area contributed by atoms with Crippen molar-refractivity contribution >= 4 is 64.1 Å². The van der Waals surface area contributed by atoms with E-state index in [2.05, 4.69) is 15.5 Å². The van der Waals surface area contributed by atoms with Gasteiger partial charge in [0.25, 0.3) is 0 Å². The second-order valence-corrected chi connectivity index (χ2v) is 9.90. The van der Waals surface area contributed by atoms with E-state index in [0.717, 1.165) is 11.8 Å². The van der Waals surface area contributed by atoms with Crippen molar-refractivity contribution in [3.8, 4) is 28.6 Å². The van der Waals surface area contributed by atoms with Crippen LogP contribution in [-0.4, -0.2) is 44.3 Å². The average molecular weight is 578 g/mol. The molecule has 1 amide bonds. The Morgan fingerprint density at radius 2 is 1.73 bits per heavy atom. The topological polar surface area (TPSA) is 116 Å². The van der Waals surface area contributed by atoms with Gasteiger partial charge in [0.2, 0.25) is 12.7 Å². The zero-order valence-electron chi connectivity index (χ0n) is 18.6. The largest absolute Gasteiger partial charge is 0.478 e. The van der Waals surface area contributed by atoms with Crippen LogP contribution >= 0.6 is 46.6 Å². The number of hydrogen-bond donors (Lipinski definition) is 2. The fourth-order valence-electron chi connectivity index (χ4n) is 3.58. The molecule has 37 heavy (non-hydrogen) atoms. The molecule has 0 aliphatic carbocycles. The van der Waals surface area contributed by atoms with Gasteiger partial charge in [-0.25, -0.2) is 4.79 Å². The predicted molar refractivity (Wildman–Crippen MR) is 141 cm³/mol. The van der Waals surface area contributed by atoms with E-state index >= 15 is 0 Å². The molecule has 5 rings (SSSR count). The number of ether oxygens (including phenoxy) is 2. The number of rotatable bonds is 7. The van der Waals surface area contributed by atoms with Crippen LogP contribution in [-0.2, 0) is 4.79 Å². The van der Waals surface area contributed by atoms with Crippen LogP contribution in [0.1, 0.15) is 10.4 Å². The summed E-state index contributed by atoms with van der Waals surface area (Å²) in [5.41, 5.74) is 1.49. The molecular weight excluding hydrogens is 563 g/mol. The van der Waals surface area contributed by atoms with Crippen LogP contribution < -0.4 is 14.8 Å². The van der Waals surface area contributed by atoms with Gasteiger partial charge in [-0.05, 0) is 54.6 Å². The van der Waals surface area contributed by atoms with E-state index in [1.165, 1.54) is 18.2 Å². The van der Waals surface area contributed by atoms with Crippen LogP contribution in [0.25, 0.3) is 17.1 Å². The fraction of sp³-hybridized carbons (Fsp3) is 0.0833.